The van der Waals surface area contributed by atoms with Crippen molar-refractivity contribution in [3.8, 4) is 0 Å². The van der Waals surface area contributed by atoms with Crippen LogP contribution < -0.4 is 10.6 Å². The molecular formula is C29H45Cl3FN3O6. The van der Waals surface area contributed by atoms with E-state index >= 15 is 4.39 Å². The third-order valence-electron chi connectivity index (χ3n) is 9.68. The van der Waals surface area contributed by atoms with Gasteiger partial charge in [-0.2, -0.15) is 0 Å². The standard InChI is InChI=1S/C29H45Cl3FN3O6/c1-39-23-20(33)22(42-28(38)35-18-13-7-3-8-14-18)21(24-25(23)41-26(40-24)29(30,31)32)36(19-15-9-4-10-16-19)27(37)34-17-11-5-2-6-12-17/h17-26H,2-16H2,1H3,(H,34,37)(H,35,38)/t20-,21-,22+,23+,24+,25-,26-/m0/s1. The lowest BCUT2D eigenvalue weighted by Gasteiger charge is -2.50. The molecule has 0 bridgehead atoms. The largest absolute Gasteiger partial charge is 0.441 e. The van der Waals surface area contributed by atoms with Gasteiger partial charge in [-0.25, -0.2) is 14.0 Å². The van der Waals surface area contributed by atoms with Crippen LogP contribution in [0.1, 0.15) is 96.3 Å². The van der Waals surface area contributed by atoms with Crippen LogP contribution in [0.2, 0.25) is 0 Å². The third kappa shape index (κ3) is 7.53. The monoisotopic (exact) mass is 655 g/mol. The number of ether oxygens (including phenoxy) is 4. The first kappa shape index (κ1) is 32.6. The van der Waals surface area contributed by atoms with E-state index in [0.29, 0.717) is 0 Å². The lowest BCUT2D eigenvalue weighted by atomic mass is 9.81. The predicted molar refractivity (Wildman–Crippen MR) is 158 cm³/mol. The van der Waals surface area contributed by atoms with Crippen LogP contribution in [0.25, 0.3) is 0 Å². The lowest BCUT2D eigenvalue weighted by Crippen LogP contribution is -2.71. The van der Waals surface area contributed by atoms with Crippen LogP contribution >= 0.6 is 34.8 Å². The number of rotatable bonds is 6. The Morgan fingerprint density at radius 3 is 1.86 bits per heavy atom. The van der Waals surface area contributed by atoms with E-state index in [1.165, 1.54) is 7.11 Å². The number of carbonyl (C=O) groups is 2. The number of fused-ring (bicyclic) bond motifs is 1. The van der Waals surface area contributed by atoms with Crippen molar-refractivity contribution in [2.45, 2.75) is 161 Å². The molecule has 240 valence electrons. The summed E-state index contributed by atoms with van der Waals surface area (Å²) in [5, 5.41) is 6.14. The Hall–Kier alpha value is -0.780. The van der Waals surface area contributed by atoms with E-state index in [9.17, 15) is 9.59 Å². The highest BCUT2D eigenvalue weighted by atomic mass is 35.6. The molecule has 0 unspecified atom stereocenters. The van der Waals surface area contributed by atoms with Gasteiger partial charge in [-0.1, -0.05) is 92.6 Å². The fraction of sp³-hybridized carbons (Fsp3) is 0.931. The van der Waals surface area contributed by atoms with Crippen LogP contribution in [0.4, 0.5) is 14.0 Å². The summed E-state index contributed by atoms with van der Waals surface area (Å²) in [5.41, 5.74) is 0. The number of alkyl halides is 4. The fourth-order valence-electron chi connectivity index (χ4n) is 7.60. The van der Waals surface area contributed by atoms with E-state index in [2.05, 4.69) is 10.6 Å². The van der Waals surface area contributed by atoms with Crippen molar-refractivity contribution < 1.29 is 32.9 Å². The highest BCUT2D eigenvalue weighted by molar-refractivity contribution is 6.67. The maximum Gasteiger partial charge on any atom is 0.407 e. The van der Waals surface area contributed by atoms with Crippen LogP contribution in [-0.4, -0.2) is 89.0 Å². The molecule has 0 spiro atoms. The van der Waals surface area contributed by atoms with Crippen molar-refractivity contribution >= 4 is 46.9 Å². The summed E-state index contributed by atoms with van der Waals surface area (Å²) >= 11 is 18.6. The molecule has 5 fully saturated rings. The summed E-state index contributed by atoms with van der Waals surface area (Å²) in [6.45, 7) is 0. The van der Waals surface area contributed by atoms with E-state index in [4.69, 9.17) is 53.8 Å². The Kier molecular flexibility index (Phi) is 11.3. The zero-order valence-corrected chi connectivity index (χ0v) is 26.6. The van der Waals surface area contributed by atoms with Crippen molar-refractivity contribution in [1.82, 2.24) is 15.5 Å². The molecule has 3 amide bonds. The van der Waals surface area contributed by atoms with Crippen molar-refractivity contribution in [3.63, 3.8) is 0 Å². The Labute approximate surface area is 263 Å². The van der Waals surface area contributed by atoms with Crippen molar-refractivity contribution in [3.05, 3.63) is 0 Å². The lowest BCUT2D eigenvalue weighted by molar-refractivity contribution is -0.163. The van der Waals surface area contributed by atoms with Crippen LogP contribution in [0.15, 0.2) is 0 Å². The average molecular weight is 657 g/mol. The molecule has 5 aliphatic rings. The molecule has 5 rings (SSSR count). The number of carbonyl (C=O) groups excluding carboxylic acids is 2. The molecule has 2 N–H and O–H groups in total. The average Bonchev–Trinajstić information content (AvgIpc) is 3.42. The van der Waals surface area contributed by atoms with E-state index in [0.717, 1.165) is 96.3 Å². The van der Waals surface area contributed by atoms with E-state index in [-0.39, 0.29) is 24.2 Å². The minimum atomic E-state index is -1.97. The molecule has 9 nitrogen and oxygen atoms in total. The van der Waals surface area contributed by atoms with Crippen LogP contribution in [-0.2, 0) is 18.9 Å². The highest BCUT2D eigenvalue weighted by Crippen LogP contribution is 2.46. The molecule has 13 heteroatoms. The van der Waals surface area contributed by atoms with Gasteiger partial charge < -0.3 is 34.5 Å². The number of nitrogens with zero attached hydrogens (tertiary/aromatic N) is 1. The summed E-state index contributed by atoms with van der Waals surface area (Å²) in [6.07, 6.45) is 5.83. The highest BCUT2D eigenvalue weighted by Gasteiger charge is 2.63. The summed E-state index contributed by atoms with van der Waals surface area (Å²) < 4.78 is 38.3. The Morgan fingerprint density at radius 2 is 1.31 bits per heavy atom. The predicted octanol–water partition coefficient (Wildman–Crippen LogP) is 6.31. The SMILES string of the molecule is CO[C@@H]1[C@@H](F)[C@@H](OC(=O)NC2CCCCC2)[C@H](N(C(=O)NC2CCCCC2)C2CCCCC2)[C@H]2O[C@H](C(Cl)(Cl)Cl)O[C@@H]12. The molecule has 0 radical (unpaired) electrons. The van der Waals surface area contributed by atoms with Gasteiger partial charge in [0.25, 0.3) is 0 Å². The number of methoxy groups -OCH3 is 1. The van der Waals surface area contributed by atoms with Gasteiger partial charge in [0.15, 0.2) is 12.3 Å². The maximum atomic E-state index is 16.6. The Balaban J connectivity index is 1.48. The second kappa shape index (κ2) is 14.5. The zero-order chi connectivity index (χ0) is 29.9. The molecule has 1 aliphatic heterocycles. The first-order chi connectivity index (χ1) is 20.2. The molecule has 4 aliphatic carbocycles. The number of alkyl carbamates (subject to hydrolysis) is 1. The summed E-state index contributed by atoms with van der Waals surface area (Å²) in [7, 11) is 1.36. The molecule has 1 saturated heterocycles. The number of hydrogen-bond donors (Lipinski definition) is 2. The first-order valence-corrected chi connectivity index (χ1v) is 16.9. The molecule has 4 saturated carbocycles. The molecule has 7 atom stereocenters. The van der Waals surface area contributed by atoms with Gasteiger partial charge in [-0.3, -0.25) is 0 Å². The quantitative estimate of drug-likeness (QED) is 0.326. The number of halogens is 4. The van der Waals surface area contributed by atoms with Gasteiger partial charge in [0, 0.05) is 25.2 Å². The van der Waals surface area contributed by atoms with Crippen molar-refractivity contribution in [2.24, 2.45) is 0 Å². The van der Waals surface area contributed by atoms with Gasteiger partial charge in [-0.15, -0.1) is 0 Å². The second-order valence-electron chi connectivity index (χ2n) is 12.5. The zero-order valence-electron chi connectivity index (χ0n) is 24.3. The topological polar surface area (TPSA) is 98.4 Å². The van der Waals surface area contributed by atoms with Crippen LogP contribution in [0.3, 0.4) is 0 Å². The smallest absolute Gasteiger partial charge is 0.407 e. The van der Waals surface area contributed by atoms with Gasteiger partial charge in [0.2, 0.25) is 10.1 Å². The molecule has 0 aromatic rings. The van der Waals surface area contributed by atoms with Gasteiger partial charge in [-0.05, 0) is 38.5 Å². The number of amides is 3. The number of urea groups is 1. The summed E-state index contributed by atoms with van der Waals surface area (Å²) in [4.78, 5) is 29.2. The second-order valence-corrected chi connectivity index (χ2v) is 14.9. The van der Waals surface area contributed by atoms with Crippen LogP contribution in [0, 0.1) is 0 Å². The summed E-state index contributed by atoms with van der Waals surface area (Å²) in [6, 6.07) is -1.57. The van der Waals surface area contributed by atoms with E-state index in [1.807, 2.05) is 0 Å². The fourth-order valence-corrected chi connectivity index (χ4v) is 7.90. The van der Waals surface area contributed by atoms with Crippen LogP contribution in [0.5, 0.6) is 0 Å². The van der Waals surface area contributed by atoms with Crippen molar-refractivity contribution in [1.29, 1.82) is 0 Å². The number of hydrogen-bond acceptors (Lipinski definition) is 6. The van der Waals surface area contributed by atoms with Gasteiger partial charge in [0.05, 0.1) is 0 Å². The minimum absolute atomic E-state index is 0.0215. The molecule has 0 aromatic carbocycles. The van der Waals surface area contributed by atoms with E-state index in [1.54, 1.807) is 4.90 Å². The minimum Gasteiger partial charge on any atom is -0.441 e. The van der Waals surface area contributed by atoms with E-state index < -0.39 is 52.8 Å². The Morgan fingerprint density at radius 1 is 0.786 bits per heavy atom. The Bertz CT molecular complexity index is 914. The molecule has 1 heterocycles. The van der Waals surface area contributed by atoms with Gasteiger partial charge >= 0.3 is 12.1 Å². The van der Waals surface area contributed by atoms with Gasteiger partial charge in [0.1, 0.15) is 24.4 Å². The first-order valence-electron chi connectivity index (χ1n) is 15.8. The molecular weight excluding hydrogens is 612 g/mol. The third-order valence-corrected chi connectivity index (χ3v) is 10.2. The maximum absolute atomic E-state index is 16.6. The summed E-state index contributed by atoms with van der Waals surface area (Å²) in [5.74, 6) is 0. The molecule has 42 heavy (non-hydrogen) atoms. The van der Waals surface area contributed by atoms with Crippen molar-refractivity contribution in [2.75, 3.05) is 7.11 Å². The number of nitrogens with one attached hydrogen (secondary N) is 2. The molecule has 0 aromatic heterocycles. The normalized spacial score (nSPS) is 35.3.